The van der Waals surface area contributed by atoms with Gasteiger partial charge in [-0.25, -0.2) is 4.79 Å². The average Bonchev–Trinajstić information content (AvgIpc) is 2.84. The lowest BCUT2D eigenvalue weighted by Crippen LogP contribution is -2.58. The quantitative estimate of drug-likeness (QED) is 0.0432. The first-order valence-corrected chi connectivity index (χ1v) is 12.0. The second-order valence-electron chi connectivity index (χ2n) is 8.23. The van der Waals surface area contributed by atoms with Gasteiger partial charge < -0.3 is 48.5 Å². The van der Waals surface area contributed by atoms with E-state index >= 15 is 0 Å². The van der Waals surface area contributed by atoms with Crippen LogP contribution in [0.5, 0.6) is 5.75 Å². The third-order valence-electron chi connectivity index (χ3n) is 5.11. The Balaban J connectivity index is 3.18. The Morgan fingerprint density at radius 3 is 1.97 bits per heavy atom. The number of nitrogens with zero attached hydrogens (tertiary/aromatic N) is 1. The van der Waals surface area contributed by atoms with Crippen molar-refractivity contribution in [3.8, 4) is 5.75 Å². The van der Waals surface area contributed by atoms with Crippen molar-refractivity contribution in [2.75, 3.05) is 12.3 Å². The lowest BCUT2D eigenvalue weighted by atomic mass is 10.0. The molecule has 38 heavy (non-hydrogen) atoms. The van der Waals surface area contributed by atoms with Crippen LogP contribution in [0.3, 0.4) is 0 Å². The number of carbonyl (C=O) groups excluding carboxylic acids is 3. The molecule has 0 spiro atoms. The maximum atomic E-state index is 13.2. The van der Waals surface area contributed by atoms with Crippen molar-refractivity contribution in [1.82, 2.24) is 16.0 Å². The van der Waals surface area contributed by atoms with E-state index in [9.17, 15) is 34.2 Å². The number of hydrogen-bond donors (Lipinski definition) is 10. The summed E-state index contributed by atoms with van der Waals surface area (Å²) in [6.07, 6.45) is -0.729. The Morgan fingerprint density at radius 1 is 0.895 bits per heavy atom. The Hall–Kier alpha value is -4.05. The number of guanidine groups is 1. The SMILES string of the molecule is NC(N)=NCCCC(NC(=O)C(N)CS)C(=O)NC(Cc1ccc(O)cc1)C(=O)NC(CC(=O)O)C(=O)O. The fourth-order valence-corrected chi connectivity index (χ4v) is 3.30. The Kier molecular flexibility index (Phi) is 13.4. The first-order valence-electron chi connectivity index (χ1n) is 11.4. The molecule has 1 aromatic rings. The van der Waals surface area contributed by atoms with Crippen LogP contribution in [0.25, 0.3) is 0 Å². The van der Waals surface area contributed by atoms with Gasteiger partial charge in [-0.2, -0.15) is 12.6 Å². The number of benzene rings is 1. The number of phenolic OH excluding ortho intramolecular Hbond substituents is 1. The molecule has 0 fully saturated rings. The van der Waals surface area contributed by atoms with Gasteiger partial charge in [0.25, 0.3) is 0 Å². The molecule has 16 heteroatoms. The van der Waals surface area contributed by atoms with Gasteiger partial charge in [-0.1, -0.05) is 12.1 Å². The van der Waals surface area contributed by atoms with Gasteiger partial charge in [0.2, 0.25) is 17.7 Å². The first-order chi connectivity index (χ1) is 17.8. The van der Waals surface area contributed by atoms with Gasteiger partial charge in [-0.3, -0.25) is 24.2 Å². The zero-order chi connectivity index (χ0) is 28.8. The highest BCUT2D eigenvalue weighted by Gasteiger charge is 2.31. The van der Waals surface area contributed by atoms with Gasteiger partial charge in [-0.15, -0.1) is 0 Å². The highest BCUT2D eigenvalue weighted by Crippen LogP contribution is 2.12. The number of rotatable bonds is 16. The summed E-state index contributed by atoms with van der Waals surface area (Å²) >= 11 is 3.96. The molecule has 0 saturated carbocycles. The number of aliphatic carboxylic acids is 2. The summed E-state index contributed by atoms with van der Waals surface area (Å²) in [6, 6.07) is 0.328. The van der Waals surface area contributed by atoms with Crippen LogP contribution in [0.1, 0.15) is 24.8 Å². The van der Waals surface area contributed by atoms with E-state index in [0.717, 1.165) is 0 Å². The van der Waals surface area contributed by atoms with Crippen LogP contribution in [0.2, 0.25) is 0 Å². The van der Waals surface area contributed by atoms with Crippen LogP contribution in [-0.2, 0) is 30.4 Å². The second-order valence-corrected chi connectivity index (χ2v) is 8.59. The molecule has 210 valence electrons. The normalized spacial score (nSPS) is 13.7. The minimum Gasteiger partial charge on any atom is -0.508 e. The summed E-state index contributed by atoms with van der Waals surface area (Å²) < 4.78 is 0. The van der Waals surface area contributed by atoms with Gasteiger partial charge in [0.15, 0.2) is 5.96 Å². The molecule has 15 nitrogen and oxygen atoms in total. The maximum absolute atomic E-state index is 13.2. The number of amides is 3. The van der Waals surface area contributed by atoms with Crippen molar-refractivity contribution < 1.29 is 39.3 Å². The van der Waals surface area contributed by atoms with Gasteiger partial charge >= 0.3 is 11.9 Å². The molecular formula is C22H33N7O8S. The number of aliphatic imine (C=N–C) groups is 1. The van der Waals surface area contributed by atoms with Gasteiger partial charge in [0.1, 0.15) is 23.9 Å². The fourth-order valence-electron chi connectivity index (χ4n) is 3.13. The van der Waals surface area contributed by atoms with Crippen LogP contribution in [0, 0.1) is 0 Å². The number of nitrogens with one attached hydrogen (secondary N) is 3. The number of aromatic hydroxyl groups is 1. The number of hydrogen-bond acceptors (Lipinski definition) is 9. The predicted octanol–water partition coefficient (Wildman–Crippen LogP) is -2.74. The zero-order valence-corrected chi connectivity index (χ0v) is 21.3. The minimum atomic E-state index is -1.76. The van der Waals surface area contributed by atoms with E-state index in [1.165, 1.54) is 24.3 Å². The van der Waals surface area contributed by atoms with Crippen molar-refractivity contribution in [2.45, 2.75) is 49.9 Å². The van der Waals surface area contributed by atoms with Crippen molar-refractivity contribution in [1.29, 1.82) is 0 Å². The molecule has 0 aliphatic rings. The van der Waals surface area contributed by atoms with E-state index in [0.29, 0.717) is 5.56 Å². The molecule has 0 aromatic heterocycles. The number of carboxylic acid groups (broad SMARTS) is 2. The van der Waals surface area contributed by atoms with Gasteiger partial charge in [0.05, 0.1) is 12.5 Å². The first kappa shape index (κ1) is 32.0. The van der Waals surface area contributed by atoms with Crippen molar-refractivity contribution >= 4 is 48.2 Å². The summed E-state index contributed by atoms with van der Waals surface area (Å²) in [7, 11) is 0. The lowest BCUT2D eigenvalue weighted by molar-refractivity contribution is -0.147. The molecule has 0 bridgehead atoms. The molecule has 4 atom stereocenters. The van der Waals surface area contributed by atoms with Gasteiger partial charge in [-0.05, 0) is 30.5 Å². The molecule has 0 aliphatic heterocycles. The second kappa shape index (κ2) is 15.9. The molecule has 0 saturated heterocycles. The van der Waals surface area contributed by atoms with E-state index < -0.39 is 60.2 Å². The standard InChI is InChI=1S/C22H33N7O8S/c23-13(10-38)18(33)27-14(2-1-7-26-22(24)25)19(34)28-15(8-11-3-5-12(30)6-4-11)20(35)29-16(21(36)37)9-17(31)32/h3-6,13-16,30,38H,1-2,7-10,23H2,(H,27,33)(H,28,34)(H,29,35)(H,31,32)(H,36,37)(H4,24,25,26). The Morgan fingerprint density at radius 2 is 1.45 bits per heavy atom. The third kappa shape index (κ3) is 11.8. The Labute approximate surface area is 223 Å². The third-order valence-corrected chi connectivity index (χ3v) is 5.51. The molecule has 1 aromatic carbocycles. The molecule has 3 amide bonds. The number of thiol groups is 1. The smallest absolute Gasteiger partial charge is 0.326 e. The van der Waals surface area contributed by atoms with Crippen LogP contribution in [-0.4, -0.2) is 87.4 Å². The van der Waals surface area contributed by atoms with E-state index in [1.54, 1.807) is 0 Å². The number of phenols is 1. The topological polar surface area (TPSA) is 273 Å². The van der Waals surface area contributed by atoms with Crippen LogP contribution < -0.4 is 33.2 Å². The molecule has 4 unspecified atom stereocenters. The highest BCUT2D eigenvalue weighted by atomic mass is 32.1. The number of carboxylic acids is 2. The summed E-state index contributed by atoms with van der Waals surface area (Å²) in [5.74, 6) is -5.69. The van der Waals surface area contributed by atoms with Crippen molar-refractivity contribution in [3.63, 3.8) is 0 Å². The molecule has 0 radical (unpaired) electrons. The summed E-state index contributed by atoms with van der Waals surface area (Å²) in [5.41, 5.74) is 16.8. The van der Waals surface area contributed by atoms with Crippen LogP contribution >= 0.6 is 12.6 Å². The number of nitrogens with two attached hydrogens (primary N) is 3. The van der Waals surface area contributed by atoms with E-state index in [1.807, 2.05) is 0 Å². The van der Waals surface area contributed by atoms with E-state index in [-0.39, 0.29) is 43.3 Å². The van der Waals surface area contributed by atoms with Gasteiger partial charge in [0, 0.05) is 18.7 Å². The van der Waals surface area contributed by atoms with Crippen LogP contribution in [0.4, 0.5) is 0 Å². The van der Waals surface area contributed by atoms with E-state index in [4.69, 9.17) is 22.3 Å². The van der Waals surface area contributed by atoms with Crippen molar-refractivity contribution in [2.24, 2.45) is 22.2 Å². The summed E-state index contributed by atoms with van der Waals surface area (Å²) in [5, 5.41) is 34.8. The average molecular weight is 556 g/mol. The molecule has 0 aliphatic carbocycles. The molecule has 12 N–H and O–H groups in total. The fraction of sp³-hybridized carbons (Fsp3) is 0.455. The van der Waals surface area contributed by atoms with Crippen LogP contribution in [0.15, 0.2) is 29.3 Å². The summed E-state index contributed by atoms with van der Waals surface area (Å²) in [6.45, 7) is 0.146. The van der Waals surface area contributed by atoms with E-state index in [2.05, 4.69) is 33.6 Å². The van der Waals surface area contributed by atoms with Crippen molar-refractivity contribution in [3.05, 3.63) is 29.8 Å². The predicted molar refractivity (Wildman–Crippen MR) is 139 cm³/mol. The highest BCUT2D eigenvalue weighted by molar-refractivity contribution is 7.80. The lowest BCUT2D eigenvalue weighted by Gasteiger charge is -2.25. The monoisotopic (exact) mass is 555 g/mol. The minimum absolute atomic E-state index is 0.000209. The summed E-state index contributed by atoms with van der Waals surface area (Å²) in [4.78, 5) is 64.8. The zero-order valence-electron chi connectivity index (χ0n) is 20.4. The molecule has 1 rings (SSSR count). The largest absolute Gasteiger partial charge is 0.508 e. The number of carbonyl (C=O) groups is 5. The molecule has 0 heterocycles. The maximum Gasteiger partial charge on any atom is 0.326 e. The molecular weight excluding hydrogens is 522 g/mol. The Bertz CT molecular complexity index is 1020.